The van der Waals surface area contributed by atoms with Gasteiger partial charge in [-0.25, -0.2) is 0 Å². The first-order valence-electron chi connectivity index (χ1n) is 6.91. The van der Waals surface area contributed by atoms with Crippen LogP contribution in [-0.4, -0.2) is 50.2 Å². The highest BCUT2D eigenvalue weighted by Crippen LogP contribution is 2.14. The zero-order valence-electron chi connectivity index (χ0n) is 11.0. The second kappa shape index (κ2) is 9.83. The van der Waals surface area contributed by atoms with E-state index in [1.165, 1.54) is 12.8 Å². The van der Waals surface area contributed by atoms with Crippen molar-refractivity contribution in [3.63, 3.8) is 0 Å². The van der Waals surface area contributed by atoms with E-state index >= 15 is 0 Å². The minimum Gasteiger partial charge on any atom is -0.389 e. The monoisotopic (exact) mass is 245 g/mol. The quantitative estimate of drug-likeness (QED) is 0.570. The number of hydrogen-bond acceptors (Lipinski definition) is 4. The zero-order chi connectivity index (χ0) is 12.3. The minimum absolute atomic E-state index is 0.392. The molecule has 0 aromatic carbocycles. The molecule has 0 spiro atoms. The van der Waals surface area contributed by atoms with Crippen LogP contribution in [0.4, 0.5) is 0 Å². The summed E-state index contributed by atoms with van der Waals surface area (Å²) in [5.74, 6) is 0. The highest BCUT2D eigenvalue weighted by atomic mass is 16.5. The molecule has 0 saturated carbocycles. The van der Waals surface area contributed by atoms with Crippen LogP contribution in [-0.2, 0) is 9.47 Å². The summed E-state index contributed by atoms with van der Waals surface area (Å²) in [5, 5.41) is 12.9. The van der Waals surface area contributed by atoms with Gasteiger partial charge in [-0.1, -0.05) is 13.3 Å². The summed E-state index contributed by atoms with van der Waals surface area (Å²) in [7, 11) is 0. The van der Waals surface area contributed by atoms with Gasteiger partial charge < -0.3 is 19.9 Å². The average Bonchev–Trinajstić information content (AvgIpc) is 2.83. The molecule has 0 aromatic rings. The molecular formula is C13H27NO3. The molecule has 2 unspecified atom stereocenters. The summed E-state index contributed by atoms with van der Waals surface area (Å²) >= 11 is 0. The molecule has 0 radical (unpaired) electrons. The number of aliphatic hydroxyl groups excluding tert-OH is 1. The van der Waals surface area contributed by atoms with Crippen LogP contribution in [0, 0.1) is 0 Å². The van der Waals surface area contributed by atoms with Crippen molar-refractivity contribution >= 4 is 0 Å². The van der Waals surface area contributed by atoms with E-state index in [-0.39, 0.29) is 0 Å². The molecule has 17 heavy (non-hydrogen) atoms. The Morgan fingerprint density at radius 2 is 2.41 bits per heavy atom. The van der Waals surface area contributed by atoms with Crippen molar-refractivity contribution in [3.05, 3.63) is 0 Å². The van der Waals surface area contributed by atoms with Gasteiger partial charge in [0.1, 0.15) is 0 Å². The zero-order valence-corrected chi connectivity index (χ0v) is 11.0. The number of aliphatic hydroxyl groups is 1. The number of rotatable bonds is 10. The van der Waals surface area contributed by atoms with Crippen molar-refractivity contribution in [2.45, 2.75) is 51.2 Å². The number of hydrogen-bond donors (Lipinski definition) is 2. The molecule has 4 heteroatoms. The SMILES string of the molecule is CCCCOCC(O)CNCCC1CCCO1. The largest absolute Gasteiger partial charge is 0.389 e. The molecule has 0 aliphatic carbocycles. The molecule has 1 aliphatic rings. The summed E-state index contributed by atoms with van der Waals surface area (Å²) in [5.41, 5.74) is 0. The summed E-state index contributed by atoms with van der Waals surface area (Å²) in [6.07, 6.45) is 5.66. The molecule has 1 rings (SSSR count). The third kappa shape index (κ3) is 7.71. The van der Waals surface area contributed by atoms with E-state index in [9.17, 15) is 5.11 Å². The van der Waals surface area contributed by atoms with Crippen LogP contribution in [0.25, 0.3) is 0 Å². The molecular weight excluding hydrogens is 218 g/mol. The molecule has 1 saturated heterocycles. The normalized spacial score (nSPS) is 21.9. The fourth-order valence-corrected chi connectivity index (χ4v) is 1.93. The molecule has 1 fully saturated rings. The molecule has 0 bridgehead atoms. The second-order valence-electron chi connectivity index (χ2n) is 4.71. The van der Waals surface area contributed by atoms with Gasteiger partial charge in [0.05, 0.1) is 18.8 Å². The van der Waals surface area contributed by atoms with Gasteiger partial charge in [-0.15, -0.1) is 0 Å². The maximum atomic E-state index is 9.62. The highest BCUT2D eigenvalue weighted by molar-refractivity contribution is 4.67. The van der Waals surface area contributed by atoms with Crippen LogP contribution in [0.2, 0.25) is 0 Å². The van der Waals surface area contributed by atoms with Crippen molar-refractivity contribution < 1.29 is 14.6 Å². The van der Waals surface area contributed by atoms with Crippen molar-refractivity contribution in [2.75, 3.05) is 32.9 Å². The van der Waals surface area contributed by atoms with Crippen LogP contribution in [0.5, 0.6) is 0 Å². The smallest absolute Gasteiger partial charge is 0.0897 e. The van der Waals surface area contributed by atoms with Gasteiger partial charge in [0.2, 0.25) is 0 Å². The van der Waals surface area contributed by atoms with Gasteiger partial charge in [-0.05, 0) is 32.2 Å². The summed E-state index contributed by atoms with van der Waals surface area (Å²) in [4.78, 5) is 0. The lowest BCUT2D eigenvalue weighted by Gasteiger charge is -2.13. The minimum atomic E-state index is -0.392. The van der Waals surface area contributed by atoms with Crippen LogP contribution >= 0.6 is 0 Å². The molecule has 2 atom stereocenters. The van der Waals surface area contributed by atoms with E-state index in [1.54, 1.807) is 0 Å². The fourth-order valence-electron chi connectivity index (χ4n) is 1.93. The van der Waals surface area contributed by atoms with Crippen molar-refractivity contribution in [1.29, 1.82) is 0 Å². The fraction of sp³-hybridized carbons (Fsp3) is 1.00. The van der Waals surface area contributed by atoms with Crippen LogP contribution in [0.3, 0.4) is 0 Å². The first kappa shape index (κ1) is 14.9. The van der Waals surface area contributed by atoms with E-state index in [1.807, 2.05) is 0 Å². The van der Waals surface area contributed by atoms with E-state index in [0.29, 0.717) is 19.3 Å². The molecule has 0 aromatic heterocycles. The summed E-state index contributed by atoms with van der Waals surface area (Å²) in [6, 6.07) is 0. The molecule has 0 amide bonds. The Labute approximate surface area is 105 Å². The average molecular weight is 245 g/mol. The van der Waals surface area contributed by atoms with Crippen molar-refractivity contribution in [3.8, 4) is 0 Å². The van der Waals surface area contributed by atoms with Gasteiger partial charge in [0.15, 0.2) is 0 Å². The number of ether oxygens (including phenoxy) is 2. The molecule has 2 N–H and O–H groups in total. The summed E-state index contributed by atoms with van der Waals surface area (Å²) in [6.45, 7) is 5.76. The van der Waals surface area contributed by atoms with E-state index in [0.717, 1.165) is 39.0 Å². The highest BCUT2D eigenvalue weighted by Gasteiger charge is 2.14. The van der Waals surface area contributed by atoms with Gasteiger partial charge in [0, 0.05) is 19.8 Å². The second-order valence-corrected chi connectivity index (χ2v) is 4.71. The Morgan fingerprint density at radius 1 is 1.53 bits per heavy atom. The number of nitrogens with one attached hydrogen (secondary N) is 1. The molecule has 4 nitrogen and oxygen atoms in total. The predicted octanol–water partition coefficient (Wildman–Crippen LogP) is 1.32. The Kier molecular flexibility index (Phi) is 8.61. The first-order chi connectivity index (χ1) is 8.33. The predicted molar refractivity (Wildman–Crippen MR) is 68.2 cm³/mol. The molecule has 102 valence electrons. The van der Waals surface area contributed by atoms with Gasteiger partial charge in [-0.2, -0.15) is 0 Å². The van der Waals surface area contributed by atoms with Gasteiger partial charge in [0.25, 0.3) is 0 Å². The topological polar surface area (TPSA) is 50.7 Å². The molecule has 1 heterocycles. The Morgan fingerprint density at radius 3 is 3.12 bits per heavy atom. The van der Waals surface area contributed by atoms with Crippen LogP contribution < -0.4 is 5.32 Å². The van der Waals surface area contributed by atoms with Crippen molar-refractivity contribution in [1.82, 2.24) is 5.32 Å². The lowest BCUT2D eigenvalue weighted by Crippen LogP contribution is -2.32. The van der Waals surface area contributed by atoms with Crippen molar-refractivity contribution in [2.24, 2.45) is 0 Å². The summed E-state index contributed by atoms with van der Waals surface area (Å²) < 4.78 is 10.9. The Hall–Kier alpha value is -0.160. The Balaban J connectivity index is 1.84. The maximum Gasteiger partial charge on any atom is 0.0897 e. The molecule has 1 aliphatic heterocycles. The maximum absolute atomic E-state index is 9.62. The standard InChI is InChI=1S/C13H27NO3/c1-2-3-8-16-11-12(15)10-14-7-6-13-5-4-9-17-13/h12-15H,2-11H2,1H3. The first-order valence-corrected chi connectivity index (χ1v) is 6.91. The number of unbranched alkanes of at least 4 members (excludes halogenated alkanes) is 1. The van der Waals surface area contributed by atoms with E-state index in [2.05, 4.69) is 12.2 Å². The Bertz CT molecular complexity index is 172. The lowest BCUT2D eigenvalue weighted by atomic mass is 10.2. The van der Waals surface area contributed by atoms with Crippen LogP contribution in [0.15, 0.2) is 0 Å². The lowest BCUT2D eigenvalue weighted by molar-refractivity contribution is 0.0351. The van der Waals surface area contributed by atoms with Crippen LogP contribution in [0.1, 0.15) is 39.0 Å². The van der Waals surface area contributed by atoms with Gasteiger partial charge >= 0.3 is 0 Å². The van der Waals surface area contributed by atoms with E-state index < -0.39 is 6.10 Å². The third-order valence-corrected chi connectivity index (χ3v) is 3.00. The van der Waals surface area contributed by atoms with Gasteiger partial charge in [-0.3, -0.25) is 0 Å². The third-order valence-electron chi connectivity index (χ3n) is 3.00. The van der Waals surface area contributed by atoms with E-state index in [4.69, 9.17) is 9.47 Å².